The van der Waals surface area contributed by atoms with Crippen LogP contribution in [0, 0.1) is 0 Å². The Hall–Kier alpha value is -4.32. The minimum atomic E-state index is -0.560. The number of fused-ring (bicyclic) bond motifs is 1. The molecule has 1 fully saturated rings. The van der Waals surface area contributed by atoms with E-state index in [1.807, 2.05) is 72.8 Å². The molecule has 0 aromatic heterocycles. The number of benzene rings is 4. The van der Waals surface area contributed by atoms with Gasteiger partial charge in [-0.05, 0) is 70.6 Å². The summed E-state index contributed by atoms with van der Waals surface area (Å²) in [5, 5.41) is 14.6. The van der Waals surface area contributed by atoms with Gasteiger partial charge in [0.1, 0.15) is 18.4 Å². The molecule has 0 bridgehead atoms. The van der Waals surface area contributed by atoms with E-state index in [9.17, 15) is 14.7 Å². The highest BCUT2D eigenvalue weighted by Gasteiger charge is 2.35. The van der Waals surface area contributed by atoms with Gasteiger partial charge in [-0.25, -0.2) is 4.79 Å². The molecule has 4 aromatic rings. The van der Waals surface area contributed by atoms with Gasteiger partial charge in [-0.2, -0.15) is 0 Å². The first kappa shape index (κ1) is 22.5. The summed E-state index contributed by atoms with van der Waals surface area (Å²) in [6, 6.07) is 27.9. The number of anilines is 1. The molecule has 0 spiro atoms. The quantitative estimate of drug-likeness (QED) is 0.381. The Labute approximate surface area is 203 Å². The molecule has 35 heavy (non-hydrogen) atoms. The molecule has 1 aliphatic rings. The third-order valence-electron chi connectivity index (χ3n) is 6.28. The lowest BCUT2D eigenvalue weighted by Crippen LogP contribution is -2.43. The van der Waals surface area contributed by atoms with Crippen molar-refractivity contribution in [1.82, 2.24) is 4.90 Å². The second kappa shape index (κ2) is 9.89. The zero-order chi connectivity index (χ0) is 24.2. The highest BCUT2D eigenvalue weighted by Crippen LogP contribution is 2.29. The lowest BCUT2D eigenvalue weighted by atomic mass is 10.0. The number of hydrogen-bond donors (Lipinski definition) is 2. The van der Waals surface area contributed by atoms with Crippen LogP contribution in [0.2, 0.25) is 0 Å². The number of likely N-dealkylation sites (tertiary alicyclic amines) is 1. The Morgan fingerprint density at radius 2 is 1.66 bits per heavy atom. The summed E-state index contributed by atoms with van der Waals surface area (Å²) in [5.74, 6) is 0.0187. The summed E-state index contributed by atoms with van der Waals surface area (Å²) < 4.78 is 5.45. The Morgan fingerprint density at radius 3 is 2.51 bits per heavy atom. The summed E-state index contributed by atoms with van der Waals surface area (Å²) in [5.41, 5.74) is 3.54. The molecule has 6 nitrogen and oxygen atoms in total. The number of hydrogen-bond acceptors (Lipinski definition) is 4. The monoisotopic (exact) mass is 466 g/mol. The van der Waals surface area contributed by atoms with Gasteiger partial charge in [-0.15, -0.1) is 0 Å². The molecule has 1 saturated heterocycles. The SMILES string of the molecule is O=C(Nc1cccc(-c2ccc3cc(O)ccc3c2)c1)[C@@H]1CCCN1C(=O)OCc1ccccc1. The van der Waals surface area contributed by atoms with E-state index in [4.69, 9.17) is 4.74 Å². The van der Waals surface area contributed by atoms with Crippen LogP contribution >= 0.6 is 0 Å². The minimum Gasteiger partial charge on any atom is -0.508 e. The van der Waals surface area contributed by atoms with Crippen molar-refractivity contribution in [2.45, 2.75) is 25.5 Å². The van der Waals surface area contributed by atoms with E-state index in [0.29, 0.717) is 18.7 Å². The Bertz CT molecular complexity index is 1370. The first-order valence-corrected chi connectivity index (χ1v) is 11.7. The number of ether oxygens (including phenoxy) is 1. The first-order valence-electron chi connectivity index (χ1n) is 11.7. The molecule has 176 valence electrons. The molecule has 0 unspecified atom stereocenters. The molecule has 1 heterocycles. The fourth-order valence-electron chi connectivity index (χ4n) is 4.47. The van der Waals surface area contributed by atoms with E-state index in [2.05, 4.69) is 11.4 Å². The van der Waals surface area contributed by atoms with Crippen molar-refractivity contribution in [3.8, 4) is 16.9 Å². The lowest BCUT2D eigenvalue weighted by molar-refractivity contribution is -0.120. The zero-order valence-corrected chi connectivity index (χ0v) is 19.2. The van der Waals surface area contributed by atoms with E-state index < -0.39 is 12.1 Å². The van der Waals surface area contributed by atoms with Crippen LogP contribution in [-0.2, 0) is 16.1 Å². The molecule has 5 rings (SSSR count). The van der Waals surface area contributed by atoms with E-state index in [0.717, 1.165) is 33.9 Å². The number of amides is 2. The van der Waals surface area contributed by atoms with Crippen LogP contribution in [0.5, 0.6) is 5.75 Å². The number of carbonyl (C=O) groups excluding carboxylic acids is 2. The topological polar surface area (TPSA) is 78.9 Å². The number of nitrogens with zero attached hydrogens (tertiary/aromatic N) is 1. The van der Waals surface area contributed by atoms with Crippen molar-refractivity contribution in [3.05, 3.63) is 96.6 Å². The smallest absolute Gasteiger partial charge is 0.410 e. The highest BCUT2D eigenvalue weighted by atomic mass is 16.6. The molecule has 1 aliphatic heterocycles. The van der Waals surface area contributed by atoms with Gasteiger partial charge in [-0.3, -0.25) is 9.69 Å². The maximum absolute atomic E-state index is 13.1. The van der Waals surface area contributed by atoms with Gasteiger partial charge in [0.25, 0.3) is 0 Å². The molecule has 0 radical (unpaired) electrons. The van der Waals surface area contributed by atoms with Gasteiger partial charge in [0, 0.05) is 12.2 Å². The summed E-state index contributed by atoms with van der Waals surface area (Å²) in [6.07, 6.45) is 0.886. The first-order chi connectivity index (χ1) is 17.1. The van der Waals surface area contributed by atoms with Crippen molar-refractivity contribution < 1.29 is 19.4 Å². The van der Waals surface area contributed by atoms with Crippen LogP contribution in [0.25, 0.3) is 21.9 Å². The molecule has 0 saturated carbocycles. The number of rotatable bonds is 5. The third-order valence-corrected chi connectivity index (χ3v) is 6.28. The van der Waals surface area contributed by atoms with Gasteiger partial charge in [0.2, 0.25) is 5.91 Å². The van der Waals surface area contributed by atoms with Crippen molar-refractivity contribution in [3.63, 3.8) is 0 Å². The number of carbonyl (C=O) groups is 2. The molecule has 2 amide bonds. The van der Waals surface area contributed by atoms with Crippen LogP contribution in [0.15, 0.2) is 91.0 Å². The van der Waals surface area contributed by atoms with Gasteiger partial charge in [-0.1, -0.05) is 60.7 Å². The fourth-order valence-corrected chi connectivity index (χ4v) is 4.47. The second-order valence-electron chi connectivity index (χ2n) is 8.71. The number of phenols is 1. The van der Waals surface area contributed by atoms with E-state index in [1.165, 1.54) is 4.90 Å². The number of aromatic hydroxyl groups is 1. The fraction of sp³-hybridized carbons (Fsp3) is 0.172. The molecule has 0 aliphatic carbocycles. The standard InChI is InChI=1S/C29H26N2O4/c32-26-14-13-23-16-22(11-12-24(23)18-26)21-8-4-9-25(17-21)30-28(33)27-10-5-15-31(27)29(34)35-19-20-6-2-1-3-7-20/h1-4,6-9,11-14,16-18,27,32H,5,10,15,19H2,(H,30,33)/t27-/m0/s1. The van der Waals surface area contributed by atoms with Crippen molar-refractivity contribution in [2.24, 2.45) is 0 Å². The van der Waals surface area contributed by atoms with Crippen LogP contribution in [0.3, 0.4) is 0 Å². The molecular formula is C29H26N2O4. The zero-order valence-electron chi connectivity index (χ0n) is 19.2. The average Bonchev–Trinajstić information content (AvgIpc) is 3.38. The third kappa shape index (κ3) is 5.11. The normalized spacial score (nSPS) is 15.2. The van der Waals surface area contributed by atoms with Crippen LogP contribution in [-0.4, -0.2) is 34.6 Å². The number of phenolic OH excluding ortho intramolecular Hbond substituents is 1. The van der Waals surface area contributed by atoms with Crippen molar-refractivity contribution in [2.75, 3.05) is 11.9 Å². The Morgan fingerprint density at radius 1 is 0.886 bits per heavy atom. The Kier molecular flexibility index (Phi) is 6.35. The number of nitrogens with one attached hydrogen (secondary N) is 1. The van der Waals surface area contributed by atoms with Gasteiger partial charge >= 0.3 is 6.09 Å². The molecular weight excluding hydrogens is 440 g/mol. The van der Waals surface area contributed by atoms with E-state index in [-0.39, 0.29) is 18.3 Å². The molecule has 1 atom stereocenters. The predicted molar refractivity (Wildman–Crippen MR) is 136 cm³/mol. The largest absolute Gasteiger partial charge is 0.508 e. The predicted octanol–water partition coefficient (Wildman–Crippen LogP) is 5.95. The summed E-state index contributed by atoms with van der Waals surface area (Å²) >= 11 is 0. The van der Waals surface area contributed by atoms with Crippen LogP contribution < -0.4 is 5.32 Å². The van der Waals surface area contributed by atoms with Gasteiger partial charge in [0.15, 0.2) is 0 Å². The summed E-state index contributed by atoms with van der Waals surface area (Å²) in [4.78, 5) is 27.3. The van der Waals surface area contributed by atoms with Gasteiger partial charge < -0.3 is 15.2 Å². The van der Waals surface area contributed by atoms with E-state index >= 15 is 0 Å². The van der Waals surface area contributed by atoms with Crippen LogP contribution in [0.4, 0.5) is 10.5 Å². The average molecular weight is 467 g/mol. The maximum atomic E-state index is 13.1. The highest BCUT2D eigenvalue weighted by molar-refractivity contribution is 5.97. The van der Waals surface area contributed by atoms with Crippen LogP contribution in [0.1, 0.15) is 18.4 Å². The molecule has 4 aromatic carbocycles. The second-order valence-corrected chi connectivity index (χ2v) is 8.71. The minimum absolute atomic E-state index is 0.179. The summed E-state index contributed by atoms with van der Waals surface area (Å²) in [7, 11) is 0. The molecule has 2 N–H and O–H groups in total. The Balaban J connectivity index is 1.27. The van der Waals surface area contributed by atoms with Crippen molar-refractivity contribution >= 4 is 28.5 Å². The lowest BCUT2D eigenvalue weighted by Gasteiger charge is -2.23. The maximum Gasteiger partial charge on any atom is 0.410 e. The summed E-state index contributed by atoms with van der Waals surface area (Å²) in [6.45, 7) is 0.677. The molecule has 6 heteroatoms. The van der Waals surface area contributed by atoms with E-state index in [1.54, 1.807) is 12.1 Å². The van der Waals surface area contributed by atoms with Crippen molar-refractivity contribution in [1.29, 1.82) is 0 Å². The van der Waals surface area contributed by atoms with Gasteiger partial charge in [0.05, 0.1) is 0 Å².